The Balaban J connectivity index is 1.98. The number of aliphatic hydroxyl groups is 1. The number of hydrogen-bond acceptors (Lipinski definition) is 7. The molecular weight excluding hydrogens is 392 g/mol. The molecule has 5 atom stereocenters. The predicted octanol–water partition coefficient (Wildman–Crippen LogP) is -0.492. The highest BCUT2D eigenvalue weighted by molar-refractivity contribution is 8.03. The van der Waals surface area contributed by atoms with Gasteiger partial charge in [-0.15, -0.1) is 11.8 Å². The molecule has 0 saturated carbocycles. The third-order valence-electron chi connectivity index (χ3n) is 5.22. The van der Waals surface area contributed by atoms with Crippen LogP contribution in [0.25, 0.3) is 0 Å². The van der Waals surface area contributed by atoms with E-state index in [1.807, 2.05) is 18.7 Å². The first-order valence-electron chi connectivity index (χ1n) is 9.12. The van der Waals surface area contributed by atoms with Crippen LogP contribution in [-0.4, -0.2) is 73.1 Å². The van der Waals surface area contributed by atoms with Crippen molar-refractivity contribution in [3.63, 3.8) is 0 Å². The van der Waals surface area contributed by atoms with E-state index < -0.39 is 22.3 Å². The number of nitrogens with one attached hydrogen (secondary N) is 2. The fourth-order valence-corrected chi connectivity index (χ4v) is 5.70. The molecule has 2 aliphatic rings. The summed E-state index contributed by atoms with van der Waals surface area (Å²) in [5, 5.41) is 27.7. The molecule has 0 amide bonds. The van der Waals surface area contributed by atoms with Gasteiger partial charge < -0.3 is 20.4 Å². The SMILES string of the molecule is CCNC(CCSC1=C(C(=O)O)N2CC(C(C)O)C2C1C)CNS(N)(=O)=O. The summed E-state index contributed by atoms with van der Waals surface area (Å²) in [4.78, 5) is 14.5. The van der Waals surface area contributed by atoms with E-state index in [2.05, 4.69) is 10.0 Å². The Bertz CT molecular complexity index is 682. The van der Waals surface area contributed by atoms with Crippen LogP contribution in [0, 0.1) is 11.8 Å². The molecule has 11 heteroatoms. The number of fused-ring (bicyclic) bond motifs is 1. The van der Waals surface area contributed by atoms with Crippen LogP contribution in [0.3, 0.4) is 0 Å². The fraction of sp³-hybridized carbons (Fsp3) is 0.812. The minimum Gasteiger partial charge on any atom is -0.477 e. The van der Waals surface area contributed by atoms with Gasteiger partial charge in [0, 0.05) is 41.9 Å². The topological polar surface area (TPSA) is 145 Å². The molecule has 1 fully saturated rings. The number of aliphatic carboxylic acids is 1. The molecule has 5 unspecified atom stereocenters. The zero-order valence-electron chi connectivity index (χ0n) is 15.9. The molecule has 1 saturated heterocycles. The molecule has 2 rings (SSSR count). The number of carbonyl (C=O) groups is 1. The van der Waals surface area contributed by atoms with Gasteiger partial charge in [0.25, 0.3) is 10.2 Å². The zero-order chi connectivity index (χ0) is 20.4. The van der Waals surface area contributed by atoms with Crippen LogP contribution in [-0.2, 0) is 15.0 Å². The monoisotopic (exact) mass is 422 g/mol. The summed E-state index contributed by atoms with van der Waals surface area (Å²) in [7, 11) is -3.74. The van der Waals surface area contributed by atoms with Gasteiger partial charge in [-0.2, -0.15) is 8.42 Å². The van der Waals surface area contributed by atoms with Crippen LogP contribution in [0.4, 0.5) is 0 Å². The third kappa shape index (κ3) is 5.36. The molecule has 2 heterocycles. The Labute approximate surface area is 164 Å². The minimum atomic E-state index is -3.74. The first kappa shape index (κ1) is 22.4. The number of nitrogens with zero attached hydrogens (tertiary/aromatic N) is 1. The summed E-state index contributed by atoms with van der Waals surface area (Å²) in [6, 6.07) is -0.0548. The number of carboxylic acid groups (broad SMARTS) is 1. The van der Waals surface area contributed by atoms with Crippen molar-refractivity contribution in [3.05, 3.63) is 10.6 Å². The highest BCUT2D eigenvalue weighted by Gasteiger charge is 2.53. The number of carboxylic acids is 1. The highest BCUT2D eigenvalue weighted by Crippen LogP contribution is 2.49. The van der Waals surface area contributed by atoms with Gasteiger partial charge in [0.15, 0.2) is 0 Å². The Hall–Kier alpha value is -0.850. The van der Waals surface area contributed by atoms with E-state index in [4.69, 9.17) is 5.14 Å². The fourth-order valence-electron chi connectivity index (χ4n) is 3.90. The van der Waals surface area contributed by atoms with Crippen LogP contribution in [0.2, 0.25) is 0 Å². The number of thioether (sulfide) groups is 1. The second-order valence-corrected chi connectivity index (χ2v) is 9.65. The molecule has 6 N–H and O–H groups in total. The normalized spacial score (nSPS) is 27.3. The molecule has 0 spiro atoms. The van der Waals surface area contributed by atoms with Crippen molar-refractivity contribution < 1.29 is 23.4 Å². The van der Waals surface area contributed by atoms with Gasteiger partial charge in [0.1, 0.15) is 5.70 Å². The van der Waals surface area contributed by atoms with Crippen molar-refractivity contribution in [2.45, 2.75) is 45.4 Å². The van der Waals surface area contributed by atoms with E-state index >= 15 is 0 Å². The van der Waals surface area contributed by atoms with E-state index in [1.54, 1.807) is 6.92 Å². The Morgan fingerprint density at radius 2 is 2.15 bits per heavy atom. The molecule has 0 radical (unpaired) electrons. The lowest BCUT2D eigenvalue weighted by molar-refractivity contribution is -0.137. The maximum atomic E-state index is 11.8. The van der Waals surface area contributed by atoms with E-state index in [-0.39, 0.29) is 30.5 Å². The third-order valence-corrected chi connectivity index (χ3v) is 7.11. The van der Waals surface area contributed by atoms with Crippen molar-refractivity contribution in [2.75, 3.05) is 25.4 Å². The van der Waals surface area contributed by atoms with Crippen LogP contribution in [0.1, 0.15) is 27.2 Å². The summed E-state index contributed by atoms with van der Waals surface area (Å²) >= 11 is 1.50. The number of aliphatic hydroxyl groups excluding tert-OH is 1. The summed E-state index contributed by atoms with van der Waals surface area (Å²) < 4.78 is 24.5. The highest BCUT2D eigenvalue weighted by atomic mass is 32.2. The van der Waals surface area contributed by atoms with Crippen LogP contribution in [0.15, 0.2) is 10.6 Å². The molecule has 0 aromatic heterocycles. The number of rotatable bonds is 11. The van der Waals surface area contributed by atoms with Gasteiger partial charge in [0.2, 0.25) is 0 Å². The van der Waals surface area contributed by atoms with Gasteiger partial charge >= 0.3 is 5.97 Å². The van der Waals surface area contributed by atoms with Gasteiger partial charge in [-0.05, 0) is 25.6 Å². The molecule has 27 heavy (non-hydrogen) atoms. The molecule has 0 aromatic carbocycles. The lowest BCUT2D eigenvalue weighted by Gasteiger charge is -2.49. The molecule has 0 bridgehead atoms. The molecule has 156 valence electrons. The number of hydrogen-bond donors (Lipinski definition) is 5. The molecule has 9 nitrogen and oxygen atoms in total. The smallest absolute Gasteiger partial charge is 0.353 e. The maximum absolute atomic E-state index is 11.8. The largest absolute Gasteiger partial charge is 0.477 e. The van der Waals surface area contributed by atoms with E-state index in [1.165, 1.54) is 11.8 Å². The Morgan fingerprint density at radius 1 is 1.48 bits per heavy atom. The predicted molar refractivity (Wildman–Crippen MR) is 105 cm³/mol. The number of nitrogens with two attached hydrogens (primary N) is 1. The average molecular weight is 423 g/mol. The van der Waals surface area contributed by atoms with Crippen molar-refractivity contribution in [3.8, 4) is 0 Å². The van der Waals surface area contributed by atoms with Crippen molar-refractivity contribution >= 4 is 27.9 Å². The summed E-state index contributed by atoms with van der Waals surface area (Å²) in [6.45, 7) is 7.13. The van der Waals surface area contributed by atoms with Gasteiger partial charge in [-0.3, -0.25) is 0 Å². The quantitative estimate of drug-likeness (QED) is 0.300. The molecular formula is C16H30N4O5S2. The maximum Gasteiger partial charge on any atom is 0.353 e. The molecule has 2 aliphatic heterocycles. The minimum absolute atomic E-state index is 0.0345. The standard InChI is InChI=1S/C16H30N4O5S2/c1-4-18-11(7-19-27(17,24)25)5-6-26-15-9(2)13-12(10(3)21)8-20(13)14(15)16(22)23/h9-13,18-19,21H,4-8H2,1-3H3,(H,22,23)(H2,17,24,25). The summed E-state index contributed by atoms with van der Waals surface area (Å²) in [5.41, 5.74) is 0.345. The molecule has 0 aromatic rings. The first-order valence-corrected chi connectivity index (χ1v) is 11.7. The van der Waals surface area contributed by atoms with Gasteiger partial charge in [0.05, 0.1) is 6.10 Å². The Kier molecular flexibility index (Phi) is 7.56. The second kappa shape index (κ2) is 9.10. The average Bonchev–Trinajstić information content (AvgIpc) is 2.71. The van der Waals surface area contributed by atoms with Gasteiger partial charge in [-0.1, -0.05) is 13.8 Å². The zero-order valence-corrected chi connectivity index (χ0v) is 17.5. The van der Waals surface area contributed by atoms with Crippen LogP contribution in [0.5, 0.6) is 0 Å². The van der Waals surface area contributed by atoms with Crippen molar-refractivity contribution in [1.82, 2.24) is 14.9 Å². The van der Waals surface area contributed by atoms with E-state index in [0.29, 0.717) is 31.0 Å². The van der Waals surface area contributed by atoms with E-state index in [0.717, 1.165) is 4.91 Å². The van der Waals surface area contributed by atoms with Crippen molar-refractivity contribution in [2.24, 2.45) is 17.0 Å². The summed E-state index contributed by atoms with van der Waals surface area (Å²) in [5.74, 6) is -0.147. The molecule has 0 aliphatic carbocycles. The number of likely N-dealkylation sites (N-methyl/N-ethyl adjacent to an activating group) is 1. The second-order valence-electron chi connectivity index (χ2n) is 7.14. The van der Waals surface area contributed by atoms with Crippen molar-refractivity contribution in [1.29, 1.82) is 0 Å². The van der Waals surface area contributed by atoms with Crippen LogP contribution < -0.4 is 15.2 Å². The van der Waals surface area contributed by atoms with E-state index in [9.17, 15) is 23.4 Å². The lowest BCUT2D eigenvalue weighted by atomic mass is 9.80. The summed E-state index contributed by atoms with van der Waals surface area (Å²) in [6.07, 6.45) is 0.199. The Morgan fingerprint density at radius 3 is 2.67 bits per heavy atom. The van der Waals surface area contributed by atoms with Gasteiger partial charge in [-0.25, -0.2) is 14.7 Å². The first-order chi connectivity index (χ1) is 12.6. The lowest BCUT2D eigenvalue weighted by Crippen LogP contribution is -2.59. The van der Waals surface area contributed by atoms with Crippen LogP contribution >= 0.6 is 11.8 Å².